The van der Waals surface area contributed by atoms with Crippen LogP contribution in [0.15, 0.2) is 16.7 Å². The van der Waals surface area contributed by atoms with Gasteiger partial charge in [0.2, 0.25) is 5.91 Å². The lowest BCUT2D eigenvalue weighted by Crippen LogP contribution is -2.54. The van der Waals surface area contributed by atoms with Crippen LogP contribution in [-0.2, 0) is 9.53 Å². The molecule has 1 fully saturated rings. The molecule has 6 heteroatoms. The first kappa shape index (κ1) is 14.3. The number of anilines is 1. The summed E-state index contributed by atoms with van der Waals surface area (Å²) in [6.45, 7) is 6.24. The Balaban J connectivity index is 2.23. The van der Waals surface area contributed by atoms with Gasteiger partial charge < -0.3 is 15.0 Å². The number of likely N-dealkylation sites (N-methyl/N-ethyl adjacent to an activating group) is 1. The van der Waals surface area contributed by atoms with Crippen molar-refractivity contribution in [2.45, 2.75) is 19.9 Å². The molecule has 0 spiro atoms. The van der Waals surface area contributed by atoms with E-state index in [1.54, 1.807) is 6.20 Å². The lowest BCUT2D eigenvalue weighted by molar-refractivity contribution is -0.124. The van der Waals surface area contributed by atoms with Crippen LogP contribution in [0, 0.1) is 6.92 Å². The average Bonchev–Trinajstić information content (AvgIpc) is 2.42. The monoisotopic (exact) mass is 327 g/mol. The molecule has 19 heavy (non-hydrogen) atoms. The highest BCUT2D eigenvalue weighted by Gasteiger charge is 2.30. The van der Waals surface area contributed by atoms with Crippen LogP contribution in [0.1, 0.15) is 12.5 Å². The van der Waals surface area contributed by atoms with Crippen molar-refractivity contribution in [3.8, 4) is 0 Å². The van der Waals surface area contributed by atoms with Crippen molar-refractivity contribution in [3.63, 3.8) is 0 Å². The highest BCUT2D eigenvalue weighted by molar-refractivity contribution is 9.10. The largest absolute Gasteiger partial charge is 0.377 e. The van der Waals surface area contributed by atoms with Crippen molar-refractivity contribution in [3.05, 3.63) is 22.3 Å². The van der Waals surface area contributed by atoms with Crippen LogP contribution in [0.2, 0.25) is 0 Å². The molecule has 2 rings (SSSR count). The lowest BCUT2D eigenvalue weighted by atomic mass is 10.2. The number of hydrogen-bond acceptors (Lipinski definition) is 4. The van der Waals surface area contributed by atoms with E-state index in [2.05, 4.69) is 26.2 Å². The zero-order valence-electron chi connectivity index (χ0n) is 11.1. The van der Waals surface area contributed by atoms with Gasteiger partial charge in [0.15, 0.2) is 0 Å². The van der Waals surface area contributed by atoms with Gasteiger partial charge in [0.1, 0.15) is 11.9 Å². The molecular formula is C13H18BrN3O2. The third kappa shape index (κ3) is 3.25. The molecule has 0 aromatic carbocycles. The number of carbonyl (C=O) groups is 1. The molecule has 0 aliphatic carbocycles. The lowest BCUT2D eigenvalue weighted by Gasteiger charge is -2.35. The molecule has 1 unspecified atom stereocenters. The van der Waals surface area contributed by atoms with E-state index in [0.29, 0.717) is 26.3 Å². The second-order valence-corrected chi connectivity index (χ2v) is 5.32. The molecular weight excluding hydrogens is 310 g/mol. The molecule has 0 saturated carbocycles. The number of amides is 1. The summed E-state index contributed by atoms with van der Waals surface area (Å²) in [5.41, 5.74) is 1.10. The first-order valence-corrected chi connectivity index (χ1v) is 7.17. The third-order valence-electron chi connectivity index (χ3n) is 3.11. The highest BCUT2D eigenvalue weighted by Crippen LogP contribution is 2.22. The number of hydrogen-bond donors (Lipinski definition) is 1. The molecule has 1 aliphatic heterocycles. The van der Waals surface area contributed by atoms with E-state index in [4.69, 9.17) is 4.74 Å². The molecule has 0 radical (unpaired) electrons. The van der Waals surface area contributed by atoms with E-state index in [-0.39, 0.29) is 11.9 Å². The van der Waals surface area contributed by atoms with Crippen molar-refractivity contribution in [1.82, 2.24) is 10.3 Å². The number of halogens is 1. The summed E-state index contributed by atoms with van der Waals surface area (Å²) in [5, 5.41) is 2.84. The number of rotatable bonds is 3. The molecule has 2 heterocycles. The van der Waals surface area contributed by atoms with Crippen LogP contribution in [-0.4, -0.2) is 43.2 Å². The van der Waals surface area contributed by atoms with Gasteiger partial charge in [-0.15, -0.1) is 0 Å². The summed E-state index contributed by atoms with van der Waals surface area (Å²) in [6, 6.07) is 1.68. The number of pyridine rings is 1. The Morgan fingerprint density at radius 1 is 1.68 bits per heavy atom. The molecule has 0 bridgehead atoms. The van der Waals surface area contributed by atoms with Gasteiger partial charge in [-0.1, -0.05) is 0 Å². The Labute approximate surface area is 121 Å². The number of nitrogens with one attached hydrogen (secondary N) is 1. The minimum absolute atomic E-state index is 0.00966. The SMILES string of the molecule is CCNC(=O)C1COCCN1c1cc(C)c(Br)cn1. The van der Waals surface area contributed by atoms with Crippen molar-refractivity contribution in [1.29, 1.82) is 0 Å². The summed E-state index contributed by atoms with van der Waals surface area (Å²) in [5.74, 6) is 0.810. The van der Waals surface area contributed by atoms with Crippen LogP contribution in [0.4, 0.5) is 5.82 Å². The summed E-state index contributed by atoms with van der Waals surface area (Å²) in [6.07, 6.45) is 1.77. The fraction of sp³-hybridized carbons (Fsp3) is 0.538. The van der Waals surface area contributed by atoms with E-state index in [1.165, 1.54) is 0 Å². The molecule has 1 aliphatic rings. The van der Waals surface area contributed by atoms with Gasteiger partial charge in [-0.05, 0) is 41.4 Å². The molecule has 5 nitrogen and oxygen atoms in total. The summed E-state index contributed by atoms with van der Waals surface area (Å²) < 4.78 is 6.39. The maximum atomic E-state index is 12.1. The molecule has 1 saturated heterocycles. The Bertz CT molecular complexity index is 467. The molecule has 1 atom stereocenters. The van der Waals surface area contributed by atoms with E-state index in [9.17, 15) is 4.79 Å². The number of carbonyl (C=O) groups excluding carboxylic acids is 1. The molecule has 1 aromatic heterocycles. The Morgan fingerprint density at radius 2 is 2.47 bits per heavy atom. The topological polar surface area (TPSA) is 54.5 Å². The minimum Gasteiger partial charge on any atom is -0.377 e. The fourth-order valence-electron chi connectivity index (χ4n) is 2.07. The van der Waals surface area contributed by atoms with Gasteiger partial charge in [-0.25, -0.2) is 4.98 Å². The number of morpholine rings is 1. The van der Waals surface area contributed by atoms with Crippen molar-refractivity contribution < 1.29 is 9.53 Å². The summed E-state index contributed by atoms with van der Waals surface area (Å²) >= 11 is 3.44. The second kappa shape index (κ2) is 6.34. The Morgan fingerprint density at radius 3 is 3.16 bits per heavy atom. The van der Waals surface area contributed by atoms with Gasteiger partial charge in [0.05, 0.1) is 13.2 Å². The van der Waals surface area contributed by atoms with Crippen molar-refractivity contribution >= 4 is 27.7 Å². The molecule has 104 valence electrons. The smallest absolute Gasteiger partial charge is 0.245 e. The fourth-order valence-corrected chi connectivity index (χ4v) is 2.29. The van der Waals surface area contributed by atoms with E-state index >= 15 is 0 Å². The first-order valence-electron chi connectivity index (χ1n) is 6.37. The zero-order chi connectivity index (χ0) is 13.8. The standard InChI is InChI=1S/C13H18BrN3O2/c1-3-15-13(18)11-8-19-5-4-17(11)12-6-9(2)10(14)7-16-12/h6-7,11H,3-5,8H2,1-2H3,(H,15,18). The van der Waals surface area contributed by atoms with Crippen LogP contribution in [0.3, 0.4) is 0 Å². The third-order valence-corrected chi connectivity index (χ3v) is 3.94. The summed E-state index contributed by atoms with van der Waals surface area (Å²) in [4.78, 5) is 18.5. The highest BCUT2D eigenvalue weighted by atomic mass is 79.9. The van der Waals surface area contributed by atoms with Crippen LogP contribution < -0.4 is 10.2 Å². The second-order valence-electron chi connectivity index (χ2n) is 4.47. The molecule has 1 aromatic rings. The maximum absolute atomic E-state index is 12.1. The minimum atomic E-state index is -0.304. The average molecular weight is 328 g/mol. The van der Waals surface area contributed by atoms with Crippen LogP contribution in [0.5, 0.6) is 0 Å². The Kier molecular flexibility index (Phi) is 4.76. The maximum Gasteiger partial charge on any atom is 0.245 e. The van der Waals surface area contributed by atoms with Gasteiger partial charge in [-0.3, -0.25) is 4.79 Å². The zero-order valence-corrected chi connectivity index (χ0v) is 12.7. The van der Waals surface area contributed by atoms with Gasteiger partial charge in [0.25, 0.3) is 0 Å². The summed E-state index contributed by atoms with van der Waals surface area (Å²) in [7, 11) is 0. The quantitative estimate of drug-likeness (QED) is 0.914. The first-order chi connectivity index (χ1) is 9.13. The predicted octanol–water partition coefficient (Wildman–Crippen LogP) is 1.49. The van der Waals surface area contributed by atoms with Gasteiger partial charge in [-0.2, -0.15) is 0 Å². The van der Waals surface area contributed by atoms with E-state index in [1.807, 2.05) is 24.8 Å². The normalized spacial score (nSPS) is 19.3. The Hall–Kier alpha value is -1.14. The van der Waals surface area contributed by atoms with Crippen LogP contribution in [0.25, 0.3) is 0 Å². The van der Waals surface area contributed by atoms with Gasteiger partial charge >= 0.3 is 0 Å². The number of nitrogens with zero attached hydrogens (tertiary/aromatic N) is 2. The van der Waals surface area contributed by atoms with E-state index in [0.717, 1.165) is 15.9 Å². The number of ether oxygens (including phenoxy) is 1. The number of aromatic nitrogens is 1. The van der Waals surface area contributed by atoms with E-state index < -0.39 is 0 Å². The predicted molar refractivity (Wildman–Crippen MR) is 77.3 cm³/mol. The van der Waals surface area contributed by atoms with Crippen molar-refractivity contribution in [2.24, 2.45) is 0 Å². The van der Waals surface area contributed by atoms with Crippen molar-refractivity contribution in [2.75, 3.05) is 31.2 Å². The molecule has 1 amide bonds. The van der Waals surface area contributed by atoms with Crippen LogP contribution >= 0.6 is 15.9 Å². The van der Waals surface area contributed by atoms with Gasteiger partial charge in [0, 0.05) is 23.8 Å². The molecule has 1 N–H and O–H groups in total. The number of aryl methyl sites for hydroxylation is 1.